The number of carbonyl (C=O) groups is 1. The molecule has 1 saturated heterocycles. The molecule has 1 unspecified atom stereocenters. The molecule has 0 aliphatic carbocycles. The second kappa shape index (κ2) is 6.54. The van der Waals surface area contributed by atoms with E-state index < -0.39 is 6.09 Å². The van der Waals surface area contributed by atoms with Crippen LogP contribution < -0.4 is 0 Å². The second-order valence-electron chi connectivity index (χ2n) is 7.16. The maximum atomic E-state index is 11.4. The maximum absolute atomic E-state index is 11.4. The van der Waals surface area contributed by atoms with Gasteiger partial charge in [0.05, 0.1) is 17.2 Å². The molecule has 7 heteroatoms. The lowest BCUT2D eigenvalue weighted by Crippen LogP contribution is -2.38. The molecule has 0 saturated carbocycles. The number of nitrogens with zero attached hydrogens (tertiary/aromatic N) is 4. The molecule has 1 atom stereocenters. The van der Waals surface area contributed by atoms with E-state index in [-0.39, 0.29) is 12.0 Å². The third-order valence-electron chi connectivity index (χ3n) is 5.08. The van der Waals surface area contributed by atoms with Crippen LogP contribution in [0, 0.1) is 0 Å². The first kappa shape index (κ1) is 17.3. The molecule has 6 nitrogen and oxygen atoms in total. The van der Waals surface area contributed by atoms with Crippen molar-refractivity contribution in [3.63, 3.8) is 0 Å². The minimum absolute atomic E-state index is 0.111. The number of fused-ring (bicyclic) bond motifs is 3. The number of likely N-dealkylation sites (tertiary alicyclic amines) is 1. The minimum atomic E-state index is -0.848. The lowest BCUT2D eigenvalue weighted by molar-refractivity contribution is 0.129. The average Bonchev–Trinajstić information content (AvgIpc) is 3.01. The van der Waals surface area contributed by atoms with Crippen LogP contribution in [0.5, 0.6) is 0 Å². The van der Waals surface area contributed by atoms with E-state index in [1.54, 1.807) is 0 Å². The molecule has 1 amide bonds. The van der Waals surface area contributed by atoms with Crippen molar-refractivity contribution in [2.75, 3.05) is 13.1 Å². The highest BCUT2D eigenvalue weighted by molar-refractivity contribution is 9.10. The van der Waals surface area contributed by atoms with E-state index in [0.717, 1.165) is 45.1 Å². The fourth-order valence-electron chi connectivity index (χ4n) is 3.94. The van der Waals surface area contributed by atoms with Gasteiger partial charge in [-0.15, -0.1) is 0 Å². The summed E-state index contributed by atoms with van der Waals surface area (Å²) in [6.45, 7) is 5.40. The molecule has 136 valence electrons. The zero-order valence-electron chi connectivity index (χ0n) is 14.8. The fourth-order valence-corrected chi connectivity index (χ4v) is 4.29. The molecule has 1 N–H and O–H groups in total. The predicted octanol–water partition coefficient (Wildman–Crippen LogP) is 4.79. The number of hydrogen-bond donors (Lipinski definition) is 1. The molecule has 0 radical (unpaired) electrons. The third-order valence-corrected chi connectivity index (χ3v) is 5.57. The van der Waals surface area contributed by atoms with Crippen molar-refractivity contribution in [1.29, 1.82) is 0 Å². The highest BCUT2D eigenvalue weighted by Crippen LogP contribution is 2.34. The third kappa shape index (κ3) is 2.84. The van der Waals surface area contributed by atoms with Gasteiger partial charge in [0.1, 0.15) is 11.3 Å². The van der Waals surface area contributed by atoms with Crippen LogP contribution in [0.15, 0.2) is 28.9 Å². The van der Waals surface area contributed by atoms with Crippen molar-refractivity contribution in [2.24, 2.45) is 0 Å². The van der Waals surface area contributed by atoms with Crippen molar-refractivity contribution >= 4 is 44.0 Å². The molecule has 1 aliphatic rings. The van der Waals surface area contributed by atoms with Gasteiger partial charge in [-0.25, -0.2) is 9.78 Å². The van der Waals surface area contributed by atoms with Gasteiger partial charge in [0.25, 0.3) is 0 Å². The summed E-state index contributed by atoms with van der Waals surface area (Å²) >= 11 is 3.51. The summed E-state index contributed by atoms with van der Waals surface area (Å²) in [6.07, 6.45) is 2.80. The number of piperidine rings is 1. The SMILES string of the molecule is CC(C)n1c(C2CCCN(C(=O)O)C2)nc2cnc3cc(Br)ccc3c21. The van der Waals surface area contributed by atoms with E-state index in [0.29, 0.717) is 13.1 Å². The van der Waals surface area contributed by atoms with Crippen LogP contribution in [0.25, 0.3) is 21.9 Å². The van der Waals surface area contributed by atoms with Crippen molar-refractivity contribution < 1.29 is 9.90 Å². The summed E-state index contributed by atoms with van der Waals surface area (Å²) in [4.78, 5) is 22.4. The van der Waals surface area contributed by atoms with E-state index in [2.05, 4.69) is 45.4 Å². The highest BCUT2D eigenvalue weighted by atomic mass is 79.9. The summed E-state index contributed by atoms with van der Waals surface area (Å²) < 4.78 is 3.26. The van der Waals surface area contributed by atoms with Crippen LogP contribution in [0.2, 0.25) is 0 Å². The van der Waals surface area contributed by atoms with Gasteiger partial charge in [0.2, 0.25) is 0 Å². The van der Waals surface area contributed by atoms with Crippen molar-refractivity contribution in [1.82, 2.24) is 19.4 Å². The van der Waals surface area contributed by atoms with Crippen molar-refractivity contribution in [2.45, 2.75) is 38.6 Å². The monoisotopic (exact) mass is 416 g/mol. The summed E-state index contributed by atoms with van der Waals surface area (Å²) in [7, 11) is 0. The van der Waals surface area contributed by atoms with Crippen LogP contribution >= 0.6 is 15.9 Å². The van der Waals surface area contributed by atoms with Gasteiger partial charge in [-0.3, -0.25) is 4.98 Å². The summed E-state index contributed by atoms with van der Waals surface area (Å²) in [5, 5.41) is 10.4. The number of amides is 1. The Bertz CT molecular complexity index is 998. The molecule has 1 aliphatic heterocycles. The molecule has 3 heterocycles. The summed E-state index contributed by atoms with van der Waals surface area (Å²) in [5.41, 5.74) is 2.88. The quantitative estimate of drug-likeness (QED) is 0.651. The zero-order valence-corrected chi connectivity index (χ0v) is 16.4. The molecule has 0 bridgehead atoms. The molecule has 26 heavy (non-hydrogen) atoms. The van der Waals surface area contributed by atoms with Crippen LogP contribution in [0.1, 0.15) is 44.5 Å². The van der Waals surface area contributed by atoms with Crippen LogP contribution in [0.4, 0.5) is 4.79 Å². The Hall–Kier alpha value is -2.15. The first-order valence-corrected chi connectivity index (χ1v) is 9.69. The minimum Gasteiger partial charge on any atom is -0.465 e. The molecule has 4 rings (SSSR count). The molecule has 1 aromatic carbocycles. The smallest absolute Gasteiger partial charge is 0.407 e. The zero-order chi connectivity index (χ0) is 18.4. The first-order chi connectivity index (χ1) is 12.5. The number of pyridine rings is 1. The lowest BCUT2D eigenvalue weighted by atomic mass is 9.97. The molecular formula is C19H21BrN4O2. The Kier molecular flexibility index (Phi) is 4.34. The molecule has 2 aromatic heterocycles. The van der Waals surface area contributed by atoms with Gasteiger partial charge in [-0.2, -0.15) is 0 Å². The van der Waals surface area contributed by atoms with Gasteiger partial charge < -0.3 is 14.6 Å². The number of hydrogen-bond acceptors (Lipinski definition) is 3. The summed E-state index contributed by atoms with van der Waals surface area (Å²) in [6, 6.07) is 6.33. The Morgan fingerprint density at radius 1 is 1.35 bits per heavy atom. The fraction of sp³-hybridized carbons (Fsp3) is 0.421. The predicted molar refractivity (Wildman–Crippen MR) is 105 cm³/mol. The van der Waals surface area contributed by atoms with E-state index in [9.17, 15) is 9.90 Å². The molecular weight excluding hydrogens is 396 g/mol. The molecule has 1 fully saturated rings. The average molecular weight is 417 g/mol. The van der Waals surface area contributed by atoms with Gasteiger partial charge >= 0.3 is 6.09 Å². The first-order valence-electron chi connectivity index (χ1n) is 8.89. The molecule has 3 aromatic rings. The number of benzene rings is 1. The van der Waals surface area contributed by atoms with Gasteiger partial charge in [-0.1, -0.05) is 15.9 Å². The van der Waals surface area contributed by atoms with E-state index in [4.69, 9.17) is 4.98 Å². The number of imidazole rings is 1. The maximum Gasteiger partial charge on any atom is 0.407 e. The summed E-state index contributed by atoms with van der Waals surface area (Å²) in [5.74, 6) is 1.08. The van der Waals surface area contributed by atoms with Crippen LogP contribution in [-0.2, 0) is 0 Å². The number of aromatic nitrogens is 3. The van der Waals surface area contributed by atoms with Crippen LogP contribution in [0.3, 0.4) is 0 Å². The van der Waals surface area contributed by atoms with Crippen molar-refractivity contribution in [3.8, 4) is 0 Å². The number of halogens is 1. The number of rotatable bonds is 2. The number of carboxylic acid groups (broad SMARTS) is 1. The van der Waals surface area contributed by atoms with Gasteiger partial charge in [-0.05, 0) is 44.9 Å². The van der Waals surface area contributed by atoms with Gasteiger partial charge in [0.15, 0.2) is 0 Å². The van der Waals surface area contributed by atoms with E-state index in [1.807, 2.05) is 18.3 Å². The molecule has 0 spiro atoms. The Morgan fingerprint density at radius 3 is 2.88 bits per heavy atom. The largest absolute Gasteiger partial charge is 0.465 e. The normalized spacial score (nSPS) is 18.2. The Morgan fingerprint density at radius 2 is 2.15 bits per heavy atom. The Balaban J connectivity index is 1.91. The highest BCUT2D eigenvalue weighted by Gasteiger charge is 2.29. The van der Waals surface area contributed by atoms with Crippen molar-refractivity contribution in [3.05, 3.63) is 34.7 Å². The second-order valence-corrected chi connectivity index (χ2v) is 8.07. The van der Waals surface area contributed by atoms with Crippen LogP contribution in [-0.4, -0.2) is 43.7 Å². The topological polar surface area (TPSA) is 71.2 Å². The van der Waals surface area contributed by atoms with E-state index in [1.165, 1.54) is 4.90 Å². The standard InChI is InChI=1S/C19H21BrN4O2/c1-11(2)24-17-14-6-5-13(20)8-15(14)21-9-16(17)22-18(24)12-4-3-7-23(10-12)19(25)26/h5-6,8-9,11-12H,3-4,7,10H2,1-2H3,(H,25,26). The van der Waals surface area contributed by atoms with E-state index >= 15 is 0 Å². The lowest BCUT2D eigenvalue weighted by Gasteiger charge is -2.31. The van der Waals surface area contributed by atoms with Gasteiger partial charge in [0, 0.05) is 34.9 Å². The Labute approximate surface area is 160 Å².